The predicted molar refractivity (Wildman–Crippen MR) is 89.2 cm³/mol. The van der Waals surface area contributed by atoms with E-state index in [4.69, 9.17) is 0 Å². The number of nitrogens with zero attached hydrogens (tertiary/aromatic N) is 1. The van der Waals surface area contributed by atoms with Crippen LogP contribution in [-0.2, 0) is 0 Å². The monoisotopic (exact) mass is 312 g/mol. The summed E-state index contributed by atoms with van der Waals surface area (Å²) in [6.07, 6.45) is 6.48. The fourth-order valence-electron chi connectivity index (χ4n) is 5.21. The van der Waals surface area contributed by atoms with Crippen LogP contribution in [0.1, 0.15) is 49.4 Å². The third kappa shape index (κ3) is 2.54. The summed E-state index contributed by atoms with van der Waals surface area (Å²) in [6, 6.07) is 6.58. The van der Waals surface area contributed by atoms with Gasteiger partial charge >= 0.3 is 0 Å². The molecule has 0 radical (unpaired) electrons. The zero-order chi connectivity index (χ0) is 16.0. The van der Waals surface area contributed by atoms with E-state index in [9.17, 15) is 9.90 Å². The Hall–Kier alpha value is -1.84. The van der Waals surface area contributed by atoms with Crippen LogP contribution in [0.4, 0.5) is 0 Å². The van der Waals surface area contributed by atoms with Crippen LogP contribution in [0, 0.1) is 29.6 Å². The average Bonchev–Trinajstić information content (AvgIpc) is 3.14. The molecule has 4 nitrogen and oxygen atoms in total. The Morgan fingerprint density at radius 2 is 1.91 bits per heavy atom. The molecule has 1 amide bonds. The second kappa shape index (κ2) is 5.66. The van der Waals surface area contributed by atoms with E-state index in [1.807, 2.05) is 0 Å². The van der Waals surface area contributed by atoms with Gasteiger partial charge in [-0.2, -0.15) is 5.10 Å². The Balaban J connectivity index is 1.46. The first-order valence-electron chi connectivity index (χ1n) is 8.78. The van der Waals surface area contributed by atoms with Gasteiger partial charge < -0.3 is 5.11 Å². The topological polar surface area (TPSA) is 61.7 Å². The maximum absolute atomic E-state index is 12.2. The van der Waals surface area contributed by atoms with Gasteiger partial charge in [0.05, 0.1) is 5.56 Å². The van der Waals surface area contributed by atoms with Crippen LogP contribution in [0.3, 0.4) is 0 Å². The molecule has 3 aliphatic rings. The zero-order valence-electron chi connectivity index (χ0n) is 13.5. The highest BCUT2D eigenvalue weighted by molar-refractivity contribution is 5.98. The van der Waals surface area contributed by atoms with Crippen LogP contribution in [-0.4, -0.2) is 16.7 Å². The Bertz CT molecular complexity index is 655. The summed E-state index contributed by atoms with van der Waals surface area (Å²) in [5.41, 5.74) is 4.06. The molecule has 4 heteroatoms. The van der Waals surface area contributed by atoms with Gasteiger partial charge in [0, 0.05) is 5.71 Å². The van der Waals surface area contributed by atoms with E-state index in [2.05, 4.69) is 17.5 Å². The van der Waals surface area contributed by atoms with Gasteiger partial charge in [-0.15, -0.1) is 0 Å². The number of aromatic hydroxyl groups is 1. The number of benzene rings is 1. The van der Waals surface area contributed by atoms with Crippen molar-refractivity contribution in [2.45, 2.75) is 39.0 Å². The second-order valence-corrected chi connectivity index (χ2v) is 7.56. The number of para-hydroxylation sites is 1. The Labute approximate surface area is 137 Å². The Morgan fingerprint density at radius 3 is 2.70 bits per heavy atom. The third-order valence-electron chi connectivity index (χ3n) is 6.36. The molecule has 3 saturated carbocycles. The predicted octanol–water partition coefficient (Wildman–Crippen LogP) is 3.57. The van der Waals surface area contributed by atoms with Crippen molar-refractivity contribution in [3.05, 3.63) is 29.8 Å². The van der Waals surface area contributed by atoms with Gasteiger partial charge in [0.25, 0.3) is 5.91 Å². The van der Waals surface area contributed by atoms with Gasteiger partial charge in [0.2, 0.25) is 0 Å². The van der Waals surface area contributed by atoms with Crippen LogP contribution in [0.2, 0.25) is 0 Å². The van der Waals surface area contributed by atoms with Crippen LogP contribution in [0.25, 0.3) is 0 Å². The van der Waals surface area contributed by atoms with Gasteiger partial charge in [-0.1, -0.05) is 19.1 Å². The first-order valence-corrected chi connectivity index (χ1v) is 8.78. The fourth-order valence-corrected chi connectivity index (χ4v) is 5.21. The minimum absolute atomic E-state index is 0.00457. The molecule has 0 spiro atoms. The van der Waals surface area contributed by atoms with Crippen LogP contribution in [0.5, 0.6) is 5.75 Å². The summed E-state index contributed by atoms with van der Waals surface area (Å²) in [4.78, 5) is 12.2. The molecule has 3 fully saturated rings. The number of carbonyl (C=O) groups excluding carboxylic acids is 1. The largest absolute Gasteiger partial charge is 0.507 e. The maximum Gasteiger partial charge on any atom is 0.275 e. The number of amides is 1. The number of rotatable bonds is 2. The molecule has 5 atom stereocenters. The molecule has 0 unspecified atom stereocenters. The van der Waals surface area contributed by atoms with Gasteiger partial charge in [0.15, 0.2) is 0 Å². The normalized spacial score (nSPS) is 36.9. The van der Waals surface area contributed by atoms with E-state index in [0.29, 0.717) is 5.92 Å². The number of hydrazone groups is 1. The van der Waals surface area contributed by atoms with Crippen molar-refractivity contribution in [3.63, 3.8) is 0 Å². The first-order chi connectivity index (χ1) is 11.1. The van der Waals surface area contributed by atoms with Gasteiger partial charge in [-0.3, -0.25) is 4.79 Å². The zero-order valence-corrected chi connectivity index (χ0v) is 13.5. The van der Waals surface area contributed by atoms with E-state index in [0.717, 1.165) is 35.8 Å². The van der Waals surface area contributed by atoms with Crippen molar-refractivity contribution in [1.29, 1.82) is 0 Å². The lowest BCUT2D eigenvalue weighted by Gasteiger charge is -2.38. The molecular weight excluding hydrogens is 288 g/mol. The Morgan fingerprint density at radius 1 is 1.17 bits per heavy atom. The number of phenols is 1. The van der Waals surface area contributed by atoms with E-state index in [1.54, 1.807) is 18.2 Å². The smallest absolute Gasteiger partial charge is 0.275 e. The number of phenolic OH excluding ortho intramolecular Hbond substituents is 1. The summed E-state index contributed by atoms with van der Waals surface area (Å²) in [5.74, 6) is 3.61. The van der Waals surface area contributed by atoms with E-state index in [-0.39, 0.29) is 17.2 Å². The van der Waals surface area contributed by atoms with Crippen molar-refractivity contribution in [2.24, 2.45) is 34.7 Å². The minimum atomic E-state index is -0.335. The molecule has 0 heterocycles. The molecule has 0 aliphatic heterocycles. The average molecular weight is 312 g/mol. The maximum atomic E-state index is 12.2. The molecule has 0 saturated heterocycles. The van der Waals surface area contributed by atoms with Crippen molar-refractivity contribution >= 4 is 11.6 Å². The summed E-state index contributed by atoms with van der Waals surface area (Å²) in [5, 5.41) is 14.2. The molecule has 0 aromatic heterocycles. The summed E-state index contributed by atoms with van der Waals surface area (Å²) in [6.45, 7) is 2.23. The lowest BCUT2D eigenvalue weighted by Crippen LogP contribution is -2.36. The minimum Gasteiger partial charge on any atom is -0.507 e. The van der Waals surface area contributed by atoms with E-state index in [1.165, 1.54) is 31.7 Å². The summed E-state index contributed by atoms with van der Waals surface area (Å²) < 4.78 is 0. The van der Waals surface area contributed by atoms with E-state index >= 15 is 0 Å². The number of nitrogens with one attached hydrogen (secondary N) is 1. The third-order valence-corrected chi connectivity index (χ3v) is 6.36. The first kappa shape index (κ1) is 14.7. The van der Waals surface area contributed by atoms with Crippen LogP contribution >= 0.6 is 0 Å². The molecule has 4 rings (SSSR count). The quantitative estimate of drug-likeness (QED) is 0.820. The molecular formula is C19H24N2O2. The lowest BCUT2D eigenvalue weighted by atomic mass is 9.67. The number of hydrogen-bond donors (Lipinski definition) is 2. The van der Waals surface area contributed by atoms with Crippen molar-refractivity contribution in [2.75, 3.05) is 0 Å². The second-order valence-electron chi connectivity index (χ2n) is 7.56. The van der Waals surface area contributed by atoms with Gasteiger partial charge in [0.1, 0.15) is 5.75 Å². The molecule has 122 valence electrons. The van der Waals surface area contributed by atoms with Crippen LogP contribution in [0.15, 0.2) is 29.4 Å². The highest BCUT2D eigenvalue weighted by Crippen LogP contribution is 2.57. The summed E-state index contributed by atoms with van der Waals surface area (Å²) in [7, 11) is 0. The Kier molecular flexibility index (Phi) is 3.63. The lowest BCUT2D eigenvalue weighted by molar-refractivity contribution is 0.0951. The molecule has 2 bridgehead atoms. The molecule has 1 aromatic rings. The van der Waals surface area contributed by atoms with Crippen molar-refractivity contribution in [3.8, 4) is 5.75 Å². The standard InChI is InChI=1S/C19H24N2O2/c1-11-8-15-12-6-7-13(9-12)16(15)10-17(11)20-21-19(23)14-4-2-3-5-18(14)22/h2-5,11-13,15-16,22H,6-10H2,1H3,(H,21,23)/b20-17+/t11-,12+,13+,15-,16-/m0/s1. The highest BCUT2D eigenvalue weighted by Gasteiger charge is 2.50. The molecule has 1 aromatic carbocycles. The highest BCUT2D eigenvalue weighted by atomic mass is 16.3. The molecule has 23 heavy (non-hydrogen) atoms. The molecule has 3 aliphatic carbocycles. The number of fused-ring (bicyclic) bond motifs is 5. The number of hydrogen-bond acceptors (Lipinski definition) is 3. The van der Waals surface area contributed by atoms with Crippen molar-refractivity contribution < 1.29 is 9.90 Å². The van der Waals surface area contributed by atoms with Gasteiger partial charge in [-0.05, 0) is 73.8 Å². The van der Waals surface area contributed by atoms with Crippen LogP contribution < -0.4 is 5.43 Å². The van der Waals surface area contributed by atoms with E-state index < -0.39 is 0 Å². The fraction of sp³-hybridized carbons (Fsp3) is 0.579. The van der Waals surface area contributed by atoms with Gasteiger partial charge in [-0.25, -0.2) is 5.43 Å². The molecule has 2 N–H and O–H groups in total. The summed E-state index contributed by atoms with van der Waals surface area (Å²) >= 11 is 0. The number of carbonyl (C=O) groups is 1. The SMILES string of the molecule is C[C@H]1C[C@H]2[C@@H]3CC[C@H](C3)[C@@H]2C/C1=N\NC(=O)c1ccccc1O. The van der Waals surface area contributed by atoms with Crippen molar-refractivity contribution in [1.82, 2.24) is 5.43 Å².